The Balaban J connectivity index is 0.00000205. The average molecular weight is 699 g/mol. The standard InChI is InChI=1S/C36H36FN5O3S2.CH3N/c1-22-15-30(33(39-18-22)41-20-36(21-41)10-13-45-14-11-36)34(43)40-27-6-3-24(4-7-27)35(44)42-12-9-25-16-28(19-46-23(2)38)47-32(25)29-8-5-26(37)17-31(29)42;1-2/h3-8,15-18,38H,9-14,19-21H2,1-2H3,(H,40,43);2H,1H2. The van der Waals surface area contributed by atoms with Crippen molar-refractivity contribution in [1.29, 1.82) is 10.8 Å². The van der Waals surface area contributed by atoms with E-state index in [0.717, 1.165) is 65.6 Å². The first-order chi connectivity index (χ1) is 23.7. The van der Waals surface area contributed by atoms with Crippen molar-refractivity contribution in [3.05, 3.63) is 93.7 Å². The molecule has 3 N–H and O–H groups in total. The maximum absolute atomic E-state index is 14.6. The van der Waals surface area contributed by atoms with Crippen LogP contribution in [0.15, 0.2) is 60.8 Å². The van der Waals surface area contributed by atoms with Gasteiger partial charge in [-0.3, -0.25) is 15.0 Å². The van der Waals surface area contributed by atoms with Crippen molar-refractivity contribution in [3.63, 3.8) is 0 Å². The number of hydrogen-bond acceptors (Lipinski definition) is 9. The molecule has 2 aromatic carbocycles. The molecular weight excluding hydrogens is 660 g/mol. The summed E-state index contributed by atoms with van der Waals surface area (Å²) in [5.41, 5.74) is 5.19. The normalized spacial score (nSPS) is 16.0. The number of aryl methyl sites for hydroxylation is 1. The Bertz CT molecular complexity index is 1880. The predicted molar refractivity (Wildman–Crippen MR) is 198 cm³/mol. The first kappa shape index (κ1) is 34.5. The van der Waals surface area contributed by atoms with E-state index in [4.69, 9.17) is 15.6 Å². The third-order valence-electron chi connectivity index (χ3n) is 9.18. The number of carbonyl (C=O) groups is 2. The van der Waals surface area contributed by atoms with Crippen LogP contribution in [0.5, 0.6) is 0 Å². The highest BCUT2D eigenvalue weighted by Crippen LogP contribution is 2.44. The Morgan fingerprint density at radius 3 is 2.55 bits per heavy atom. The van der Waals surface area contributed by atoms with E-state index in [1.165, 1.54) is 23.9 Å². The summed E-state index contributed by atoms with van der Waals surface area (Å²) in [7, 11) is 0. The molecule has 2 fully saturated rings. The summed E-state index contributed by atoms with van der Waals surface area (Å²) in [4.78, 5) is 38.1. The Hall–Kier alpha value is -4.39. The van der Waals surface area contributed by atoms with E-state index in [-0.39, 0.29) is 17.2 Å². The third kappa shape index (κ3) is 7.31. The molecule has 5 heterocycles. The quantitative estimate of drug-likeness (QED) is 0.139. The molecule has 2 aromatic heterocycles. The van der Waals surface area contributed by atoms with Gasteiger partial charge >= 0.3 is 0 Å². The molecule has 9 nitrogen and oxygen atoms in total. The van der Waals surface area contributed by atoms with Crippen molar-refractivity contribution in [3.8, 4) is 10.4 Å². The van der Waals surface area contributed by atoms with Crippen molar-refractivity contribution in [1.82, 2.24) is 4.98 Å². The highest BCUT2D eigenvalue weighted by molar-refractivity contribution is 8.13. The van der Waals surface area contributed by atoms with Crippen LogP contribution in [-0.2, 0) is 16.9 Å². The average Bonchev–Trinajstić information content (AvgIpc) is 3.44. The van der Waals surface area contributed by atoms with Crippen LogP contribution < -0.4 is 15.1 Å². The third-order valence-corrected chi connectivity index (χ3v) is 11.5. The largest absolute Gasteiger partial charge is 0.381 e. The number of ether oxygens (including phenoxy) is 1. The van der Waals surface area contributed by atoms with Crippen LogP contribution in [0.1, 0.15) is 56.5 Å². The van der Waals surface area contributed by atoms with E-state index in [1.54, 1.807) is 59.7 Å². The van der Waals surface area contributed by atoms with E-state index < -0.39 is 5.82 Å². The monoisotopic (exact) mass is 698 g/mol. The number of amides is 2. The van der Waals surface area contributed by atoms with E-state index >= 15 is 0 Å². The lowest BCUT2D eigenvalue weighted by Crippen LogP contribution is -2.59. The second kappa shape index (κ2) is 14.6. The summed E-state index contributed by atoms with van der Waals surface area (Å²) in [6.45, 7) is 9.90. The zero-order valence-electron chi connectivity index (χ0n) is 27.6. The zero-order chi connectivity index (χ0) is 34.7. The summed E-state index contributed by atoms with van der Waals surface area (Å²) in [6, 6.07) is 15.5. The Morgan fingerprint density at radius 2 is 1.84 bits per heavy atom. The number of nitrogens with one attached hydrogen (secondary N) is 3. The van der Waals surface area contributed by atoms with E-state index in [0.29, 0.717) is 52.1 Å². The fraction of sp³-hybridized carbons (Fsp3) is 0.324. The molecule has 3 aliphatic heterocycles. The maximum atomic E-state index is 14.6. The maximum Gasteiger partial charge on any atom is 0.259 e. The van der Waals surface area contributed by atoms with Gasteiger partial charge in [0.05, 0.1) is 16.3 Å². The van der Waals surface area contributed by atoms with Crippen LogP contribution in [-0.4, -0.2) is 61.4 Å². The van der Waals surface area contributed by atoms with Gasteiger partial charge in [0.15, 0.2) is 0 Å². The fourth-order valence-electron chi connectivity index (χ4n) is 6.70. The molecular formula is C37H39FN6O3S2. The molecule has 0 unspecified atom stereocenters. The van der Waals surface area contributed by atoms with Gasteiger partial charge in [-0.25, -0.2) is 9.37 Å². The van der Waals surface area contributed by atoms with Gasteiger partial charge in [-0.1, -0.05) is 0 Å². The Labute approximate surface area is 293 Å². The molecule has 12 heteroatoms. The number of halogens is 1. The van der Waals surface area contributed by atoms with Crippen LogP contribution in [0.4, 0.5) is 21.6 Å². The number of carbonyl (C=O) groups excluding carboxylic acids is 2. The molecule has 2 saturated heterocycles. The van der Waals surface area contributed by atoms with E-state index in [2.05, 4.69) is 28.0 Å². The highest BCUT2D eigenvalue weighted by atomic mass is 32.2. The van der Waals surface area contributed by atoms with Gasteiger partial charge in [-0.15, -0.1) is 23.1 Å². The molecule has 49 heavy (non-hydrogen) atoms. The lowest BCUT2D eigenvalue weighted by molar-refractivity contribution is -0.000510. The summed E-state index contributed by atoms with van der Waals surface area (Å²) < 4.78 is 20.1. The van der Waals surface area contributed by atoms with Crippen molar-refractivity contribution < 1.29 is 18.7 Å². The number of thiophene rings is 1. The van der Waals surface area contributed by atoms with Crippen LogP contribution in [0.25, 0.3) is 10.4 Å². The molecule has 0 saturated carbocycles. The summed E-state index contributed by atoms with van der Waals surface area (Å²) in [6.07, 6.45) is 4.49. The number of rotatable bonds is 6. The minimum absolute atomic E-state index is 0.231. The number of thioether (sulfide) groups is 1. The van der Waals surface area contributed by atoms with Crippen molar-refractivity contribution >= 4 is 63.9 Å². The highest BCUT2D eigenvalue weighted by Gasteiger charge is 2.45. The number of pyridine rings is 1. The molecule has 0 bridgehead atoms. The Kier molecular flexibility index (Phi) is 10.3. The van der Waals surface area contributed by atoms with Crippen molar-refractivity contribution in [2.45, 2.75) is 38.9 Å². The van der Waals surface area contributed by atoms with Gasteiger partial charge in [0.1, 0.15) is 11.6 Å². The predicted octanol–water partition coefficient (Wildman–Crippen LogP) is 7.83. The van der Waals surface area contributed by atoms with E-state index in [1.807, 2.05) is 13.0 Å². The number of anilines is 3. The van der Waals surface area contributed by atoms with Gasteiger partial charge in [0.2, 0.25) is 0 Å². The van der Waals surface area contributed by atoms with Gasteiger partial charge in [-0.05, 0) is 106 Å². The molecule has 3 aliphatic rings. The van der Waals surface area contributed by atoms with Crippen molar-refractivity contribution in [2.75, 3.05) is 48.0 Å². The second-order valence-corrected chi connectivity index (χ2v) is 15.0. The molecule has 1 spiro atoms. The molecule has 0 radical (unpaired) electrons. The van der Waals surface area contributed by atoms with Gasteiger partial charge in [0, 0.05) is 76.8 Å². The van der Waals surface area contributed by atoms with Crippen LogP contribution >= 0.6 is 23.1 Å². The molecule has 0 aliphatic carbocycles. The first-order valence-corrected chi connectivity index (χ1v) is 18.0. The number of aromatic nitrogens is 1. The number of benzene rings is 2. The number of nitrogens with zero attached hydrogens (tertiary/aromatic N) is 3. The minimum atomic E-state index is -0.402. The lowest BCUT2D eigenvalue weighted by Gasteiger charge is -2.53. The van der Waals surface area contributed by atoms with E-state index in [9.17, 15) is 14.0 Å². The molecule has 2 amide bonds. The zero-order valence-corrected chi connectivity index (χ0v) is 29.2. The van der Waals surface area contributed by atoms with Crippen LogP contribution in [0.2, 0.25) is 0 Å². The fourth-order valence-corrected chi connectivity index (χ4v) is 8.59. The topological polar surface area (TPSA) is 122 Å². The summed E-state index contributed by atoms with van der Waals surface area (Å²) in [5, 5.41) is 16.8. The van der Waals surface area contributed by atoms with Gasteiger partial charge in [0.25, 0.3) is 11.8 Å². The second-order valence-electron chi connectivity index (χ2n) is 12.7. The minimum Gasteiger partial charge on any atom is -0.381 e. The van der Waals surface area contributed by atoms with Crippen LogP contribution in [0, 0.1) is 29.0 Å². The molecule has 4 aromatic rings. The smallest absolute Gasteiger partial charge is 0.259 e. The molecule has 7 rings (SSSR count). The van der Waals surface area contributed by atoms with Gasteiger partial charge in [-0.2, -0.15) is 0 Å². The Morgan fingerprint density at radius 1 is 1.10 bits per heavy atom. The molecule has 0 atom stereocenters. The van der Waals surface area contributed by atoms with Crippen LogP contribution in [0.3, 0.4) is 0 Å². The summed E-state index contributed by atoms with van der Waals surface area (Å²) in [5.74, 6) is 0.519. The summed E-state index contributed by atoms with van der Waals surface area (Å²) >= 11 is 3.13. The van der Waals surface area contributed by atoms with Crippen molar-refractivity contribution in [2.24, 2.45) is 5.41 Å². The lowest BCUT2D eigenvalue weighted by atomic mass is 9.73. The number of hydrogen-bond donors (Lipinski definition) is 3. The SMILES string of the molecule is C=N.CC(=N)SCc1cc2c(s1)-c1ccc(F)cc1N(C(=O)c1ccc(NC(=O)c3cc(C)cnc3N3CC4(CCOCC4)C3)cc1)CC2. The first-order valence-electron chi connectivity index (χ1n) is 16.2. The van der Waals surface area contributed by atoms with Gasteiger partial charge < -0.3 is 25.3 Å². The number of fused-ring (bicyclic) bond motifs is 3. The molecule has 254 valence electrons.